The summed E-state index contributed by atoms with van der Waals surface area (Å²) in [5.41, 5.74) is 1.68. The fourth-order valence-electron chi connectivity index (χ4n) is 3.03. The van der Waals surface area contributed by atoms with E-state index >= 15 is 4.39 Å². The molecule has 1 nitrogen and oxygen atoms in total. The van der Waals surface area contributed by atoms with Crippen molar-refractivity contribution < 1.29 is 13.2 Å². The Morgan fingerprint density at radius 1 is 0.739 bits per heavy atom. The van der Waals surface area contributed by atoms with E-state index in [1.165, 1.54) is 12.1 Å². The number of fused-ring (bicyclic) bond motifs is 3. The molecule has 1 N–H and O–H groups in total. The summed E-state index contributed by atoms with van der Waals surface area (Å²) in [6.07, 6.45) is -1.74. The molecule has 0 amide bonds. The first-order chi connectivity index (χ1) is 11.2. The normalized spacial score (nSPS) is 12.8. The summed E-state index contributed by atoms with van der Waals surface area (Å²) in [4.78, 5) is 3.22. The van der Waals surface area contributed by atoms with Crippen LogP contribution in [0.1, 0.15) is 17.3 Å². The molecule has 1 aromatic heterocycles. The molecule has 0 fully saturated rings. The minimum atomic E-state index is -1.74. The Morgan fingerprint density at radius 3 is 2.30 bits per heavy atom. The molecule has 3 aromatic carbocycles. The van der Waals surface area contributed by atoms with Crippen molar-refractivity contribution in [3.63, 3.8) is 0 Å². The molecule has 0 spiro atoms. The van der Waals surface area contributed by atoms with Gasteiger partial charge in [0.2, 0.25) is 0 Å². The fourth-order valence-corrected chi connectivity index (χ4v) is 3.03. The van der Waals surface area contributed by atoms with Crippen LogP contribution in [0, 0.1) is 11.6 Å². The average molecular weight is 311 g/mol. The van der Waals surface area contributed by atoms with E-state index in [0.717, 1.165) is 22.5 Å². The van der Waals surface area contributed by atoms with Crippen molar-refractivity contribution in [1.29, 1.82) is 0 Å². The fraction of sp³-hybridized carbons (Fsp3) is 0.0526. The van der Waals surface area contributed by atoms with Gasteiger partial charge in [0.1, 0.15) is 0 Å². The highest BCUT2D eigenvalue weighted by Crippen LogP contribution is 2.37. The lowest BCUT2D eigenvalue weighted by Gasteiger charge is -2.12. The maximum Gasteiger partial charge on any atom is 0.165 e. The summed E-state index contributed by atoms with van der Waals surface area (Å²) in [5, 5.41) is 1.55. The zero-order valence-electron chi connectivity index (χ0n) is 12.0. The van der Waals surface area contributed by atoms with Gasteiger partial charge in [-0.1, -0.05) is 42.5 Å². The number of halogens is 3. The molecule has 0 radical (unpaired) electrons. The molecular formula is C19H12F3N. The highest BCUT2D eigenvalue weighted by molar-refractivity contribution is 6.09. The number of hydrogen-bond donors (Lipinski definition) is 1. The van der Waals surface area contributed by atoms with Crippen LogP contribution in [-0.4, -0.2) is 4.98 Å². The minimum absolute atomic E-state index is 0.289. The largest absolute Gasteiger partial charge is 0.355 e. The molecule has 0 bridgehead atoms. The van der Waals surface area contributed by atoms with Gasteiger partial charge < -0.3 is 4.98 Å². The van der Waals surface area contributed by atoms with Crippen molar-refractivity contribution in [3.05, 3.63) is 83.4 Å². The Kier molecular flexibility index (Phi) is 3.11. The second-order valence-electron chi connectivity index (χ2n) is 5.45. The molecule has 0 aliphatic carbocycles. The molecule has 0 aliphatic rings. The molecular weight excluding hydrogens is 299 g/mol. The van der Waals surface area contributed by atoms with E-state index < -0.39 is 17.8 Å². The summed E-state index contributed by atoms with van der Waals surface area (Å²) in [6, 6.07) is 16.3. The molecule has 0 saturated carbocycles. The van der Waals surface area contributed by atoms with E-state index in [0.29, 0.717) is 10.9 Å². The second kappa shape index (κ2) is 5.16. The zero-order valence-corrected chi connectivity index (χ0v) is 12.0. The van der Waals surface area contributed by atoms with Crippen molar-refractivity contribution in [2.75, 3.05) is 0 Å². The molecule has 1 unspecified atom stereocenters. The highest BCUT2D eigenvalue weighted by atomic mass is 19.2. The summed E-state index contributed by atoms with van der Waals surface area (Å²) in [7, 11) is 0. The Labute approximate surface area is 130 Å². The monoisotopic (exact) mass is 311 g/mol. The van der Waals surface area contributed by atoms with Gasteiger partial charge in [-0.05, 0) is 18.2 Å². The van der Waals surface area contributed by atoms with Crippen LogP contribution in [-0.2, 0) is 0 Å². The predicted octanol–water partition coefficient (Wildman–Crippen LogP) is 5.66. The first-order valence-electron chi connectivity index (χ1n) is 7.24. The molecule has 4 rings (SSSR count). The summed E-state index contributed by atoms with van der Waals surface area (Å²) < 4.78 is 42.4. The van der Waals surface area contributed by atoms with Gasteiger partial charge in [0.15, 0.2) is 17.8 Å². The molecule has 4 aromatic rings. The average Bonchev–Trinajstić information content (AvgIpc) is 2.95. The number of alkyl halides is 1. The van der Waals surface area contributed by atoms with Gasteiger partial charge in [-0.15, -0.1) is 0 Å². The van der Waals surface area contributed by atoms with E-state index in [9.17, 15) is 8.78 Å². The Balaban J connectivity index is 2.00. The van der Waals surface area contributed by atoms with Gasteiger partial charge in [0, 0.05) is 32.9 Å². The molecule has 1 heterocycles. The van der Waals surface area contributed by atoms with E-state index in [1.54, 1.807) is 12.1 Å². The number of H-pyrrole nitrogens is 1. The number of aromatic amines is 1. The van der Waals surface area contributed by atoms with Crippen LogP contribution in [0.15, 0.2) is 60.7 Å². The maximum atomic E-state index is 15.0. The third-order valence-corrected chi connectivity index (χ3v) is 4.09. The van der Waals surface area contributed by atoms with Gasteiger partial charge in [-0.25, -0.2) is 13.2 Å². The van der Waals surface area contributed by atoms with Crippen LogP contribution < -0.4 is 0 Å². The smallest absolute Gasteiger partial charge is 0.165 e. The molecule has 23 heavy (non-hydrogen) atoms. The lowest BCUT2D eigenvalue weighted by molar-refractivity contribution is 0.380. The first kappa shape index (κ1) is 13.9. The van der Waals surface area contributed by atoms with Gasteiger partial charge in [-0.3, -0.25) is 0 Å². The molecule has 0 saturated heterocycles. The maximum absolute atomic E-state index is 15.0. The SMILES string of the molecule is Fc1cccc(C(F)c2cccc3[nH]c4ccccc4c23)c1F. The van der Waals surface area contributed by atoms with Crippen LogP contribution in [0.25, 0.3) is 21.8 Å². The van der Waals surface area contributed by atoms with E-state index in [2.05, 4.69) is 4.98 Å². The van der Waals surface area contributed by atoms with Crippen LogP contribution in [0.3, 0.4) is 0 Å². The second-order valence-corrected chi connectivity index (χ2v) is 5.45. The summed E-state index contributed by atoms with van der Waals surface area (Å²) in [5.74, 6) is -2.19. The number of benzene rings is 3. The van der Waals surface area contributed by atoms with E-state index in [1.807, 2.05) is 30.3 Å². The topological polar surface area (TPSA) is 15.8 Å². The van der Waals surface area contributed by atoms with Gasteiger partial charge in [0.05, 0.1) is 0 Å². The number of rotatable bonds is 2. The Hall–Kier alpha value is -2.75. The van der Waals surface area contributed by atoms with Gasteiger partial charge in [0.25, 0.3) is 0 Å². The number of hydrogen-bond acceptors (Lipinski definition) is 0. The lowest BCUT2D eigenvalue weighted by Crippen LogP contribution is -2.00. The van der Waals surface area contributed by atoms with Crippen molar-refractivity contribution >= 4 is 21.8 Å². The van der Waals surface area contributed by atoms with Gasteiger partial charge in [-0.2, -0.15) is 0 Å². The minimum Gasteiger partial charge on any atom is -0.355 e. The molecule has 4 heteroatoms. The van der Waals surface area contributed by atoms with Crippen molar-refractivity contribution in [2.24, 2.45) is 0 Å². The molecule has 114 valence electrons. The lowest BCUT2D eigenvalue weighted by atomic mass is 9.97. The number of para-hydroxylation sites is 1. The number of nitrogens with one attached hydrogen (secondary N) is 1. The zero-order chi connectivity index (χ0) is 16.0. The van der Waals surface area contributed by atoms with Crippen molar-refractivity contribution in [1.82, 2.24) is 4.98 Å². The van der Waals surface area contributed by atoms with Crippen LogP contribution >= 0.6 is 0 Å². The number of aromatic nitrogens is 1. The predicted molar refractivity (Wildman–Crippen MR) is 85.1 cm³/mol. The van der Waals surface area contributed by atoms with Crippen molar-refractivity contribution in [2.45, 2.75) is 6.17 Å². The molecule has 1 atom stereocenters. The Morgan fingerprint density at radius 2 is 1.43 bits per heavy atom. The van der Waals surface area contributed by atoms with Crippen molar-refractivity contribution in [3.8, 4) is 0 Å². The van der Waals surface area contributed by atoms with Gasteiger partial charge >= 0.3 is 0 Å². The standard InChI is InChI=1S/C19H12F3N/c20-14-8-3-7-13(19(14)22)18(21)12-6-4-10-16-17(12)11-5-1-2-9-15(11)23-16/h1-10,18,23H. The highest BCUT2D eigenvalue weighted by Gasteiger charge is 2.22. The summed E-state index contributed by atoms with van der Waals surface area (Å²) in [6.45, 7) is 0. The van der Waals surface area contributed by atoms with E-state index in [4.69, 9.17) is 0 Å². The third-order valence-electron chi connectivity index (χ3n) is 4.09. The quantitative estimate of drug-likeness (QED) is 0.492. The van der Waals surface area contributed by atoms with Crippen LogP contribution in [0.5, 0.6) is 0 Å². The molecule has 0 aliphatic heterocycles. The van der Waals surface area contributed by atoms with Crippen LogP contribution in [0.4, 0.5) is 13.2 Å². The summed E-state index contributed by atoms with van der Waals surface area (Å²) >= 11 is 0. The first-order valence-corrected chi connectivity index (χ1v) is 7.24. The third kappa shape index (κ3) is 2.10. The van der Waals surface area contributed by atoms with Crippen LogP contribution in [0.2, 0.25) is 0 Å². The van der Waals surface area contributed by atoms with E-state index in [-0.39, 0.29) is 5.56 Å². The Bertz CT molecular complexity index is 1020.